The molecule has 0 N–H and O–H groups in total. The molecule has 1 aliphatic heterocycles. The summed E-state index contributed by atoms with van der Waals surface area (Å²) in [6.07, 6.45) is 0.350. The lowest BCUT2D eigenvalue weighted by Gasteiger charge is -2.36. The minimum Gasteiger partial charge on any atom is -0.462 e. The molecule has 0 saturated carbocycles. The summed E-state index contributed by atoms with van der Waals surface area (Å²) in [6, 6.07) is 9.91. The van der Waals surface area contributed by atoms with Gasteiger partial charge in [0, 0.05) is 6.92 Å². The summed E-state index contributed by atoms with van der Waals surface area (Å²) in [6.45, 7) is 10.4. The van der Waals surface area contributed by atoms with Crippen LogP contribution in [0.5, 0.6) is 0 Å². The Labute approximate surface area is 219 Å². The van der Waals surface area contributed by atoms with Gasteiger partial charge in [-0.15, -0.1) is 0 Å². The summed E-state index contributed by atoms with van der Waals surface area (Å²) in [7, 11) is 0. The number of carbonyl (C=O) groups is 4. The van der Waals surface area contributed by atoms with Gasteiger partial charge in [-0.3, -0.25) is 14.4 Å². The van der Waals surface area contributed by atoms with E-state index < -0.39 is 40.8 Å². The Balaban J connectivity index is 2.09. The van der Waals surface area contributed by atoms with Gasteiger partial charge in [0.2, 0.25) is 0 Å². The zero-order valence-corrected chi connectivity index (χ0v) is 22.7. The number of epoxide rings is 1. The van der Waals surface area contributed by atoms with E-state index in [4.69, 9.17) is 23.7 Å². The third kappa shape index (κ3) is 9.80. The monoisotopic (exact) mass is 520 g/mol. The Morgan fingerprint density at radius 1 is 1.00 bits per heavy atom. The lowest BCUT2D eigenvalue weighted by Crippen LogP contribution is -2.40. The Kier molecular flexibility index (Phi) is 11.1. The summed E-state index contributed by atoms with van der Waals surface area (Å²) >= 11 is 0. The maximum atomic E-state index is 13.4. The highest BCUT2D eigenvalue weighted by atomic mass is 16.6. The molecule has 2 rings (SSSR count). The van der Waals surface area contributed by atoms with Crippen molar-refractivity contribution in [1.29, 1.82) is 0 Å². The third-order valence-electron chi connectivity index (χ3n) is 6.38. The van der Waals surface area contributed by atoms with Crippen LogP contribution in [-0.4, -0.2) is 62.5 Å². The molecule has 0 radical (unpaired) electrons. The van der Waals surface area contributed by atoms with Crippen molar-refractivity contribution >= 4 is 23.9 Å². The molecule has 206 valence electrons. The van der Waals surface area contributed by atoms with Crippen molar-refractivity contribution in [2.24, 2.45) is 10.8 Å². The molecule has 37 heavy (non-hydrogen) atoms. The number of hydrogen-bond donors (Lipinski definition) is 0. The fourth-order valence-electron chi connectivity index (χ4n) is 4.44. The van der Waals surface area contributed by atoms with Gasteiger partial charge in [-0.25, -0.2) is 4.79 Å². The van der Waals surface area contributed by atoms with Crippen LogP contribution in [0.3, 0.4) is 0 Å². The van der Waals surface area contributed by atoms with Gasteiger partial charge in [0.05, 0.1) is 17.4 Å². The fourth-order valence-corrected chi connectivity index (χ4v) is 4.44. The van der Waals surface area contributed by atoms with Crippen molar-refractivity contribution in [3.63, 3.8) is 0 Å². The van der Waals surface area contributed by atoms with Crippen LogP contribution in [0.1, 0.15) is 72.3 Å². The van der Waals surface area contributed by atoms with Gasteiger partial charge in [-0.2, -0.15) is 0 Å². The second-order valence-corrected chi connectivity index (χ2v) is 10.5. The maximum Gasteiger partial charge on any atom is 0.347 e. The number of ether oxygens (including phenoxy) is 5. The molecule has 1 fully saturated rings. The molecule has 0 aromatic heterocycles. The number of esters is 4. The van der Waals surface area contributed by atoms with E-state index in [1.54, 1.807) is 20.8 Å². The van der Waals surface area contributed by atoms with Crippen LogP contribution >= 0.6 is 0 Å². The topological polar surface area (TPSA) is 118 Å². The first kappa shape index (κ1) is 30.3. The number of carbonyl (C=O) groups excluding carboxylic acids is 4. The highest BCUT2D eigenvalue weighted by Gasteiger charge is 2.45. The molecule has 4 unspecified atom stereocenters. The lowest BCUT2D eigenvalue weighted by molar-refractivity contribution is -0.170. The summed E-state index contributed by atoms with van der Waals surface area (Å²) in [5.41, 5.74) is -0.878. The van der Waals surface area contributed by atoms with E-state index in [9.17, 15) is 19.2 Å². The molecule has 9 heteroatoms. The first-order valence-corrected chi connectivity index (χ1v) is 12.7. The van der Waals surface area contributed by atoms with Crippen LogP contribution < -0.4 is 0 Å². The van der Waals surface area contributed by atoms with E-state index in [2.05, 4.69) is 6.92 Å². The van der Waals surface area contributed by atoms with E-state index in [-0.39, 0.29) is 38.3 Å². The SMILES string of the molecule is CCC(CC(C)(CC(C)(C)C(=O)OCC1CO1)C(=O)OCCOC(=O)C(C)OC(C)=O)c1ccccc1. The number of hydrogen-bond acceptors (Lipinski definition) is 9. The molecule has 0 amide bonds. The van der Waals surface area contributed by atoms with Gasteiger partial charge >= 0.3 is 23.9 Å². The van der Waals surface area contributed by atoms with E-state index >= 15 is 0 Å². The largest absolute Gasteiger partial charge is 0.462 e. The van der Waals surface area contributed by atoms with Crippen LogP contribution in [0.4, 0.5) is 0 Å². The van der Waals surface area contributed by atoms with Crippen molar-refractivity contribution in [1.82, 2.24) is 0 Å². The third-order valence-corrected chi connectivity index (χ3v) is 6.38. The average Bonchev–Trinajstić information content (AvgIpc) is 3.67. The van der Waals surface area contributed by atoms with E-state index in [0.717, 1.165) is 12.0 Å². The van der Waals surface area contributed by atoms with Crippen LogP contribution in [0.15, 0.2) is 30.3 Å². The van der Waals surface area contributed by atoms with Gasteiger partial charge < -0.3 is 23.7 Å². The molecule has 1 aromatic carbocycles. The number of benzene rings is 1. The molecule has 0 aliphatic carbocycles. The van der Waals surface area contributed by atoms with Gasteiger partial charge in [0.15, 0.2) is 6.10 Å². The second-order valence-electron chi connectivity index (χ2n) is 10.5. The molecule has 1 heterocycles. The summed E-state index contributed by atoms with van der Waals surface area (Å²) in [5, 5.41) is 0. The minimum atomic E-state index is -1.05. The standard InChI is InChI=1S/C28H40O9/c1-7-21(22-11-9-8-10-12-22)15-28(6,18-27(4,5)25(31)36-17-23-16-35-23)26(32)34-14-13-33-24(30)19(2)37-20(3)29/h8-12,19,21,23H,7,13-18H2,1-6H3. The second kappa shape index (κ2) is 13.6. The molecule has 9 nitrogen and oxygen atoms in total. The smallest absolute Gasteiger partial charge is 0.347 e. The molecule has 4 atom stereocenters. The van der Waals surface area contributed by atoms with Crippen molar-refractivity contribution < 1.29 is 42.9 Å². The molecule has 1 aromatic rings. The quantitative estimate of drug-likeness (QED) is 0.146. The molecule has 0 spiro atoms. The highest BCUT2D eigenvalue weighted by Crippen LogP contribution is 2.43. The molecular formula is C28H40O9. The molecule has 1 saturated heterocycles. The van der Waals surface area contributed by atoms with Crippen molar-refractivity contribution in [2.75, 3.05) is 26.4 Å². The Morgan fingerprint density at radius 2 is 1.62 bits per heavy atom. The van der Waals surface area contributed by atoms with E-state index in [1.165, 1.54) is 13.8 Å². The van der Waals surface area contributed by atoms with E-state index in [1.807, 2.05) is 30.3 Å². The van der Waals surface area contributed by atoms with Gasteiger partial charge in [-0.05, 0) is 58.4 Å². The Morgan fingerprint density at radius 3 is 2.19 bits per heavy atom. The predicted octanol–water partition coefficient (Wildman–Crippen LogP) is 3.97. The summed E-state index contributed by atoms with van der Waals surface area (Å²) < 4.78 is 25.9. The summed E-state index contributed by atoms with van der Waals surface area (Å²) in [4.78, 5) is 49.3. The lowest BCUT2D eigenvalue weighted by atomic mass is 9.68. The van der Waals surface area contributed by atoms with Crippen LogP contribution in [0.2, 0.25) is 0 Å². The molecule has 0 bridgehead atoms. The van der Waals surface area contributed by atoms with Crippen molar-refractivity contribution in [2.45, 2.75) is 78.9 Å². The predicted molar refractivity (Wildman–Crippen MR) is 134 cm³/mol. The first-order valence-electron chi connectivity index (χ1n) is 12.7. The highest BCUT2D eigenvalue weighted by molar-refractivity contribution is 5.81. The summed E-state index contributed by atoms with van der Waals surface area (Å²) in [5.74, 6) is -2.15. The Bertz CT molecular complexity index is 923. The van der Waals surface area contributed by atoms with Crippen LogP contribution in [0.25, 0.3) is 0 Å². The van der Waals surface area contributed by atoms with Crippen LogP contribution in [-0.2, 0) is 42.9 Å². The number of rotatable bonds is 15. The molecular weight excluding hydrogens is 480 g/mol. The van der Waals surface area contributed by atoms with E-state index in [0.29, 0.717) is 13.0 Å². The average molecular weight is 521 g/mol. The van der Waals surface area contributed by atoms with Gasteiger partial charge in [0.25, 0.3) is 0 Å². The van der Waals surface area contributed by atoms with Gasteiger partial charge in [0.1, 0.15) is 25.9 Å². The van der Waals surface area contributed by atoms with Crippen molar-refractivity contribution in [3.8, 4) is 0 Å². The zero-order valence-electron chi connectivity index (χ0n) is 22.7. The fraction of sp³-hybridized carbons (Fsp3) is 0.643. The normalized spacial score (nSPS) is 18.1. The van der Waals surface area contributed by atoms with Crippen molar-refractivity contribution in [3.05, 3.63) is 35.9 Å². The van der Waals surface area contributed by atoms with Crippen LogP contribution in [0, 0.1) is 10.8 Å². The minimum absolute atomic E-state index is 0.0510. The first-order chi connectivity index (χ1) is 17.4. The zero-order chi connectivity index (χ0) is 27.6. The Hall–Kier alpha value is -2.94. The maximum absolute atomic E-state index is 13.4. The molecule has 1 aliphatic rings. The van der Waals surface area contributed by atoms with Gasteiger partial charge in [-0.1, -0.05) is 37.3 Å².